The summed E-state index contributed by atoms with van der Waals surface area (Å²) < 4.78 is 0. The lowest BCUT2D eigenvalue weighted by Crippen LogP contribution is -2.06. The van der Waals surface area contributed by atoms with Crippen molar-refractivity contribution in [3.63, 3.8) is 0 Å². The maximum absolute atomic E-state index is 9.45. The highest BCUT2D eigenvalue weighted by molar-refractivity contribution is 7.99. The van der Waals surface area contributed by atoms with Crippen LogP contribution in [0.5, 0.6) is 0 Å². The van der Waals surface area contributed by atoms with Crippen LogP contribution in [0.2, 0.25) is 0 Å². The fourth-order valence-electron chi connectivity index (χ4n) is 1.97. The number of hydrogen-bond donors (Lipinski definition) is 1. The molecule has 16 heavy (non-hydrogen) atoms. The maximum Gasteiger partial charge on any atom is 0.0499 e. The number of thioether (sulfide) groups is 1. The highest BCUT2D eigenvalue weighted by atomic mass is 32.2. The predicted octanol–water partition coefficient (Wildman–Crippen LogP) is 3.60. The molecular formula is C14H22OS. The van der Waals surface area contributed by atoms with Gasteiger partial charge in [-0.2, -0.15) is 11.8 Å². The quantitative estimate of drug-likeness (QED) is 0.732. The minimum absolute atomic E-state index is 0.266. The standard InChI is InChI=1S/C14H22OS/c1-3-16-10-6-8-13(11-15)14-9-5-4-7-12(14)2/h4-5,7,9,13,15H,3,6,8,10-11H2,1-2H3. The van der Waals surface area contributed by atoms with Gasteiger partial charge in [-0.15, -0.1) is 0 Å². The third kappa shape index (κ3) is 4.18. The van der Waals surface area contributed by atoms with Crippen LogP contribution < -0.4 is 0 Å². The average Bonchev–Trinajstić information content (AvgIpc) is 2.31. The molecule has 0 aromatic heterocycles. The number of aliphatic hydroxyl groups is 1. The van der Waals surface area contributed by atoms with E-state index in [0.29, 0.717) is 5.92 Å². The zero-order chi connectivity index (χ0) is 11.8. The molecule has 1 aromatic carbocycles. The second kappa shape index (κ2) is 7.75. The van der Waals surface area contributed by atoms with E-state index in [1.165, 1.54) is 29.1 Å². The molecule has 1 unspecified atom stereocenters. The van der Waals surface area contributed by atoms with Crippen molar-refractivity contribution in [3.8, 4) is 0 Å². The SMILES string of the molecule is CCSCCCC(CO)c1ccccc1C. The summed E-state index contributed by atoms with van der Waals surface area (Å²) in [5.74, 6) is 2.71. The predicted molar refractivity (Wildman–Crippen MR) is 73.2 cm³/mol. The van der Waals surface area contributed by atoms with Gasteiger partial charge in [-0.25, -0.2) is 0 Å². The molecule has 2 heteroatoms. The van der Waals surface area contributed by atoms with E-state index in [2.05, 4.69) is 38.1 Å². The van der Waals surface area contributed by atoms with Gasteiger partial charge >= 0.3 is 0 Å². The van der Waals surface area contributed by atoms with Crippen molar-refractivity contribution in [2.75, 3.05) is 18.1 Å². The molecule has 0 amide bonds. The van der Waals surface area contributed by atoms with Crippen LogP contribution in [0.15, 0.2) is 24.3 Å². The van der Waals surface area contributed by atoms with Gasteiger partial charge in [0.25, 0.3) is 0 Å². The zero-order valence-electron chi connectivity index (χ0n) is 10.3. The average molecular weight is 238 g/mol. The first-order valence-electron chi connectivity index (χ1n) is 6.03. The van der Waals surface area contributed by atoms with Crippen molar-refractivity contribution in [1.82, 2.24) is 0 Å². The highest BCUT2D eigenvalue weighted by Gasteiger charge is 2.11. The third-order valence-corrected chi connectivity index (χ3v) is 3.88. The molecule has 0 bridgehead atoms. The van der Waals surface area contributed by atoms with Gasteiger partial charge in [-0.05, 0) is 42.4 Å². The lowest BCUT2D eigenvalue weighted by Gasteiger charge is -2.16. The molecule has 1 N–H and O–H groups in total. The van der Waals surface area contributed by atoms with Crippen molar-refractivity contribution in [3.05, 3.63) is 35.4 Å². The smallest absolute Gasteiger partial charge is 0.0499 e. The molecule has 90 valence electrons. The molecule has 1 rings (SSSR count). The Morgan fingerprint density at radius 2 is 2.06 bits per heavy atom. The van der Waals surface area contributed by atoms with Crippen molar-refractivity contribution in [1.29, 1.82) is 0 Å². The summed E-state index contributed by atoms with van der Waals surface area (Å²) in [6.45, 7) is 4.58. The molecule has 0 heterocycles. The maximum atomic E-state index is 9.45. The van der Waals surface area contributed by atoms with Crippen LogP contribution in [0.3, 0.4) is 0 Å². The van der Waals surface area contributed by atoms with E-state index in [1.54, 1.807) is 0 Å². The highest BCUT2D eigenvalue weighted by Crippen LogP contribution is 2.24. The van der Waals surface area contributed by atoms with Crippen LogP contribution in [-0.2, 0) is 0 Å². The van der Waals surface area contributed by atoms with E-state index in [0.717, 1.165) is 6.42 Å². The Kier molecular flexibility index (Phi) is 6.58. The summed E-state index contributed by atoms with van der Waals surface area (Å²) >= 11 is 1.98. The molecule has 0 saturated heterocycles. The molecule has 1 nitrogen and oxygen atoms in total. The summed E-state index contributed by atoms with van der Waals surface area (Å²) in [4.78, 5) is 0. The van der Waals surface area contributed by atoms with E-state index in [9.17, 15) is 5.11 Å². The Morgan fingerprint density at radius 1 is 1.31 bits per heavy atom. The number of aliphatic hydroxyl groups excluding tert-OH is 1. The normalized spacial score (nSPS) is 12.7. The Morgan fingerprint density at radius 3 is 2.69 bits per heavy atom. The first-order chi connectivity index (χ1) is 7.79. The Labute approximate surface area is 103 Å². The summed E-state index contributed by atoms with van der Waals surface area (Å²) in [6.07, 6.45) is 2.28. The van der Waals surface area contributed by atoms with E-state index in [1.807, 2.05) is 11.8 Å². The van der Waals surface area contributed by atoms with Gasteiger partial charge in [0.1, 0.15) is 0 Å². The fraction of sp³-hybridized carbons (Fsp3) is 0.571. The molecule has 0 aliphatic carbocycles. The number of hydrogen-bond acceptors (Lipinski definition) is 2. The van der Waals surface area contributed by atoms with Gasteiger partial charge in [0.05, 0.1) is 0 Å². The largest absolute Gasteiger partial charge is 0.396 e. The Hall–Kier alpha value is -0.470. The van der Waals surface area contributed by atoms with Gasteiger partial charge in [0, 0.05) is 12.5 Å². The first kappa shape index (κ1) is 13.6. The van der Waals surface area contributed by atoms with E-state index >= 15 is 0 Å². The minimum Gasteiger partial charge on any atom is -0.396 e. The number of rotatable bonds is 7. The van der Waals surface area contributed by atoms with Crippen LogP contribution in [0.4, 0.5) is 0 Å². The zero-order valence-corrected chi connectivity index (χ0v) is 11.1. The number of benzene rings is 1. The van der Waals surface area contributed by atoms with Gasteiger partial charge in [-0.3, -0.25) is 0 Å². The minimum atomic E-state index is 0.266. The molecule has 0 radical (unpaired) electrons. The van der Waals surface area contributed by atoms with Crippen LogP contribution in [-0.4, -0.2) is 23.2 Å². The molecular weight excluding hydrogens is 216 g/mol. The molecule has 1 aromatic rings. The second-order valence-electron chi connectivity index (χ2n) is 4.08. The Bertz CT molecular complexity index is 299. The van der Waals surface area contributed by atoms with Gasteiger partial charge in [0.15, 0.2) is 0 Å². The van der Waals surface area contributed by atoms with E-state index in [4.69, 9.17) is 0 Å². The Balaban J connectivity index is 2.51. The summed E-state index contributed by atoms with van der Waals surface area (Å²) in [6, 6.07) is 8.38. The fourth-order valence-corrected chi connectivity index (χ4v) is 2.63. The lowest BCUT2D eigenvalue weighted by molar-refractivity contribution is 0.258. The van der Waals surface area contributed by atoms with E-state index < -0.39 is 0 Å². The first-order valence-corrected chi connectivity index (χ1v) is 7.19. The van der Waals surface area contributed by atoms with Crippen LogP contribution in [0.25, 0.3) is 0 Å². The third-order valence-electron chi connectivity index (χ3n) is 2.89. The summed E-state index contributed by atoms with van der Waals surface area (Å²) in [5.41, 5.74) is 2.61. The lowest BCUT2D eigenvalue weighted by atomic mass is 9.92. The van der Waals surface area contributed by atoms with Crippen LogP contribution in [0, 0.1) is 6.92 Å². The molecule has 0 fully saturated rings. The second-order valence-corrected chi connectivity index (χ2v) is 5.47. The summed E-state index contributed by atoms with van der Waals surface area (Å²) in [7, 11) is 0. The van der Waals surface area contributed by atoms with Gasteiger partial charge < -0.3 is 5.11 Å². The monoisotopic (exact) mass is 238 g/mol. The van der Waals surface area contributed by atoms with Crippen molar-refractivity contribution < 1.29 is 5.11 Å². The summed E-state index contributed by atoms with van der Waals surface area (Å²) in [5, 5.41) is 9.45. The number of aryl methyl sites for hydroxylation is 1. The van der Waals surface area contributed by atoms with Crippen LogP contribution in [0.1, 0.15) is 36.8 Å². The molecule has 0 aliphatic rings. The molecule has 0 saturated carbocycles. The van der Waals surface area contributed by atoms with Crippen molar-refractivity contribution in [2.24, 2.45) is 0 Å². The van der Waals surface area contributed by atoms with Crippen molar-refractivity contribution in [2.45, 2.75) is 32.6 Å². The van der Waals surface area contributed by atoms with E-state index in [-0.39, 0.29) is 6.61 Å². The topological polar surface area (TPSA) is 20.2 Å². The molecule has 0 spiro atoms. The molecule has 0 aliphatic heterocycles. The van der Waals surface area contributed by atoms with Crippen molar-refractivity contribution >= 4 is 11.8 Å². The van der Waals surface area contributed by atoms with Gasteiger partial charge in [0.2, 0.25) is 0 Å². The molecule has 1 atom stereocenters. The van der Waals surface area contributed by atoms with Gasteiger partial charge in [-0.1, -0.05) is 31.2 Å². The van der Waals surface area contributed by atoms with Crippen LogP contribution >= 0.6 is 11.8 Å².